The van der Waals surface area contributed by atoms with Gasteiger partial charge in [-0.1, -0.05) is 33.1 Å². The van der Waals surface area contributed by atoms with Crippen LogP contribution in [0.3, 0.4) is 0 Å². The summed E-state index contributed by atoms with van der Waals surface area (Å²) in [5, 5.41) is 3.54. The molecule has 17 heavy (non-hydrogen) atoms. The molecule has 0 spiro atoms. The molecule has 3 heteroatoms. The van der Waals surface area contributed by atoms with Crippen molar-refractivity contribution in [3.8, 4) is 0 Å². The minimum Gasteiger partial charge on any atom is -0.465 e. The SMILES string of the molecule is CCOC(=O)C(C)(NC1CCCCC1)C(C)C. The summed E-state index contributed by atoms with van der Waals surface area (Å²) in [5.41, 5.74) is -0.544. The lowest BCUT2D eigenvalue weighted by Gasteiger charge is -2.37. The summed E-state index contributed by atoms with van der Waals surface area (Å²) in [6.45, 7) is 8.44. The topological polar surface area (TPSA) is 38.3 Å². The predicted octanol–water partition coefficient (Wildman–Crippen LogP) is 2.89. The van der Waals surface area contributed by atoms with Gasteiger partial charge < -0.3 is 4.74 Å². The second kappa shape index (κ2) is 6.39. The van der Waals surface area contributed by atoms with E-state index in [0.717, 1.165) is 0 Å². The van der Waals surface area contributed by atoms with Crippen LogP contribution in [0.4, 0.5) is 0 Å². The van der Waals surface area contributed by atoms with Gasteiger partial charge >= 0.3 is 5.97 Å². The third-order valence-electron chi connectivity index (χ3n) is 3.96. The zero-order valence-electron chi connectivity index (χ0n) is 11.7. The molecule has 1 atom stereocenters. The Bertz CT molecular complexity index is 247. The van der Waals surface area contributed by atoms with Crippen LogP contribution in [0.5, 0.6) is 0 Å². The highest BCUT2D eigenvalue weighted by Crippen LogP contribution is 2.24. The Morgan fingerprint density at radius 3 is 2.41 bits per heavy atom. The fourth-order valence-corrected chi connectivity index (χ4v) is 2.41. The zero-order valence-corrected chi connectivity index (χ0v) is 11.7. The van der Waals surface area contributed by atoms with Crippen molar-refractivity contribution in [3.63, 3.8) is 0 Å². The highest BCUT2D eigenvalue weighted by molar-refractivity contribution is 5.80. The first-order chi connectivity index (χ1) is 8.00. The smallest absolute Gasteiger partial charge is 0.326 e. The molecule has 1 saturated carbocycles. The fraction of sp³-hybridized carbons (Fsp3) is 0.929. The van der Waals surface area contributed by atoms with Gasteiger partial charge in [-0.2, -0.15) is 0 Å². The standard InChI is InChI=1S/C14H27NO2/c1-5-17-13(16)14(4,11(2)3)15-12-9-7-6-8-10-12/h11-12,15H,5-10H2,1-4H3. The minimum atomic E-state index is -0.544. The molecule has 0 amide bonds. The van der Waals surface area contributed by atoms with Gasteiger partial charge in [0.25, 0.3) is 0 Å². The molecule has 0 aromatic carbocycles. The predicted molar refractivity (Wildman–Crippen MR) is 69.9 cm³/mol. The number of rotatable bonds is 5. The van der Waals surface area contributed by atoms with Crippen LogP contribution in [-0.2, 0) is 9.53 Å². The maximum Gasteiger partial charge on any atom is 0.326 e. The number of esters is 1. The van der Waals surface area contributed by atoms with Crippen LogP contribution in [0.1, 0.15) is 59.8 Å². The molecule has 0 bridgehead atoms. The molecular formula is C14H27NO2. The van der Waals surface area contributed by atoms with Gasteiger partial charge in [0.2, 0.25) is 0 Å². The molecule has 0 aromatic heterocycles. The summed E-state index contributed by atoms with van der Waals surface area (Å²) in [6.07, 6.45) is 6.24. The number of hydrogen-bond acceptors (Lipinski definition) is 3. The summed E-state index contributed by atoms with van der Waals surface area (Å²) in [5.74, 6) is 0.129. The first-order valence-corrected chi connectivity index (χ1v) is 6.95. The second-order valence-electron chi connectivity index (χ2n) is 5.56. The number of ether oxygens (including phenoxy) is 1. The second-order valence-corrected chi connectivity index (χ2v) is 5.56. The minimum absolute atomic E-state index is 0.111. The van der Waals surface area contributed by atoms with Crippen molar-refractivity contribution in [2.75, 3.05) is 6.61 Å². The van der Waals surface area contributed by atoms with E-state index in [1.807, 2.05) is 13.8 Å². The Morgan fingerprint density at radius 1 is 1.35 bits per heavy atom. The van der Waals surface area contributed by atoms with Gasteiger partial charge in [0, 0.05) is 6.04 Å². The number of carbonyl (C=O) groups is 1. The van der Waals surface area contributed by atoms with E-state index >= 15 is 0 Å². The van der Waals surface area contributed by atoms with Crippen LogP contribution in [0, 0.1) is 5.92 Å². The highest BCUT2D eigenvalue weighted by atomic mass is 16.5. The molecule has 0 aromatic rings. The van der Waals surface area contributed by atoms with Crippen molar-refractivity contribution >= 4 is 5.97 Å². The molecule has 1 aliphatic rings. The quantitative estimate of drug-likeness (QED) is 0.752. The van der Waals surface area contributed by atoms with Crippen molar-refractivity contribution in [2.24, 2.45) is 5.92 Å². The maximum absolute atomic E-state index is 12.1. The monoisotopic (exact) mass is 241 g/mol. The molecule has 0 aliphatic heterocycles. The van der Waals surface area contributed by atoms with Crippen molar-refractivity contribution in [3.05, 3.63) is 0 Å². The number of carbonyl (C=O) groups excluding carboxylic acids is 1. The maximum atomic E-state index is 12.1. The Labute approximate surface area is 105 Å². The first kappa shape index (κ1) is 14.5. The number of nitrogens with one attached hydrogen (secondary N) is 1. The Morgan fingerprint density at radius 2 is 1.94 bits per heavy atom. The van der Waals surface area contributed by atoms with E-state index in [-0.39, 0.29) is 11.9 Å². The largest absolute Gasteiger partial charge is 0.465 e. The molecule has 1 rings (SSSR count). The molecule has 1 N–H and O–H groups in total. The van der Waals surface area contributed by atoms with E-state index in [0.29, 0.717) is 12.6 Å². The normalized spacial score (nSPS) is 21.2. The summed E-state index contributed by atoms with van der Waals surface area (Å²) in [4.78, 5) is 12.1. The molecule has 3 nitrogen and oxygen atoms in total. The molecule has 0 heterocycles. The van der Waals surface area contributed by atoms with Gasteiger partial charge in [-0.05, 0) is 32.6 Å². The van der Waals surface area contributed by atoms with Gasteiger partial charge in [-0.15, -0.1) is 0 Å². The average molecular weight is 241 g/mol. The molecular weight excluding hydrogens is 214 g/mol. The van der Waals surface area contributed by atoms with Gasteiger partial charge in [0.05, 0.1) is 6.61 Å². The molecule has 100 valence electrons. The molecule has 0 saturated heterocycles. The molecule has 1 aliphatic carbocycles. The fourth-order valence-electron chi connectivity index (χ4n) is 2.41. The highest BCUT2D eigenvalue weighted by Gasteiger charge is 2.39. The first-order valence-electron chi connectivity index (χ1n) is 6.95. The summed E-state index contributed by atoms with van der Waals surface area (Å²) in [6, 6.07) is 0.473. The molecule has 1 unspecified atom stereocenters. The van der Waals surface area contributed by atoms with Gasteiger partial charge in [0.15, 0.2) is 0 Å². The summed E-state index contributed by atoms with van der Waals surface area (Å²) in [7, 11) is 0. The van der Waals surface area contributed by atoms with Crippen molar-refractivity contribution in [1.82, 2.24) is 5.32 Å². The van der Waals surface area contributed by atoms with Crippen molar-refractivity contribution in [2.45, 2.75) is 71.4 Å². The summed E-state index contributed by atoms with van der Waals surface area (Å²) >= 11 is 0. The number of hydrogen-bond donors (Lipinski definition) is 1. The Kier molecular flexibility index (Phi) is 5.44. The zero-order chi connectivity index (χ0) is 12.9. The van der Waals surface area contributed by atoms with E-state index in [9.17, 15) is 4.79 Å². The van der Waals surface area contributed by atoms with Crippen LogP contribution in [0.15, 0.2) is 0 Å². The average Bonchev–Trinajstić information content (AvgIpc) is 2.30. The van der Waals surface area contributed by atoms with Crippen LogP contribution >= 0.6 is 0 Å². The van der Waals surface area contributed by atoms with Crippen molar-refractivity contribution < 1.29 is 9.53 Å². The Balaban J connectivity index is 2.66. The molecule has 0 radical (unpaired) electrons. The lowest BCUT2D eigenvalue weighted by molar-refractivity contribution is -0.153. The Hall–Kier alpha value is -0.570. The lowest BCUT2D eigenvalue weighted by atomic mass is 9.85. The van der Waals surface area contributed by atoms with Crippen LogP contribution < -0.4 is 5.32 Å². The van der Waals surface area contributed by atoms with Gasteiger partial charge in [0.1, 0.15) is 5.54 Å². The van der Waals surface area contributed by atoms with Gasteiger partial charge in [-0.25, -0.2) is 0 Å². The summed E-state index contributed by atoms with van der Waals surface area (Å²) < 4.78 is 5.21. The van der Waals surface area contributed by atoms with Crippen LogP contribution in [0.2, 0.25) is 0 Å². The lowest BCUT2D eigenvalue weighted by Crippen LogP contribution is -2.58. The van der Waals surface area contributed by atoms with Crippen LogP contribution in [0.25, 0.3) is 0 Å². The third-order valence-corrected chi connectivity index (χ3v) is 3.96. The van der Waals surface area contributed by atoms with Crippen molar-refractivity contribution in [1.29, 1.82) is 0 Å². The third kappa shape index (κ3) is 3.70. The van der Waals surface area contributed by atoms with E-state index in [1.165, 1.54) is 32.1 Å². The van der Waals surface area contributed by atoms with Crippen LogP contribution in [-0.4, -0.2) is 24.2 Å². The van der Waals surface area contributed by atoms with Gasteiger partial charge in [-0.3, -0.25) is 10.1 Å². The van der Waals surface area contributed by atoms with E-state index in [4.69, 9.17) is 4.74 Å². The van der Waals surface area contributed by atoms with E-state index in [2.05, 4.69) is 19.2 Å². The van der Waals surface area contributed by atoms with E-state index in [1.54, 1.807) is 0 Å². The van der Waals surface area contributed by atoms with E-state index < -0.39 is 5.54 Å². The molecule has 1 fully saturated rings.